The fraction of sp³-hybridized carbons (Fsp3) is 0.200. The van der Waals surface area contributed by atoms with Crippen molar-refractivity contribution in [2.75, 3.05) is 0 Å². The van der Waals surface area contributed by atoms with Gasteiger partial charge in [0.05, 0.1) is 5.56 Å². The Kier molecular flexibility index (Phi) is 3.23. The van der Waals surface area contributed by atoms with Gasteiger partial charge in [0.25, 0.3) is 5.56 Å². The second-order valence-electron chi connectivity index (χ2n) is 2.78. The largest absolute Gasteiger partial charge is 0.478 e. The molecular formula is C10H11NO3. The molecule has 0 unspecified atom stereocenters. The van der Waals surface area contributed by atoms with Crippen LogP contribution in [0.15, 0.2) is 35.3 Å². The number of aromatic carboxylic acids is 1. The second-order valence-corrected chi connectivity index (χ2v) is 2.78. The summed E-state index contributed by atoms with van der Waals surface area (Å²) < 4.78 is 1.35. The van der Waals surface area contributed by atoms with E-state index in [2.05, 4.69) is 0 Å². The molecule has 1 aromatic rings. The molecule has 14 heavy (non-hydrogen) atoms. The first kappa shape index (κ1) is 10.2. The van der Waals surface area contributed by atoms with Gasteiger partial charge in [-0.25, -0.2) is 4.79 Å². The van der Waals surface area contributed by atoms with Gasteiger partial charge in [-0.05, 0) is 13.0 Å². The summed E-state index contributed by atoms with van der Waals surface area (Å²) in [5.41, 5.74) is -0.0813. The number of carboxylic acid groups (broad SMARTS) is 1. The third-order valence-electron chi connectivity index (χ3n) is 1.77. The molecule has 0 saturated heterocycles. The molecule has 4 heteroatoms. The summed E-state index contributed by atoms with van der Waals surface area (Å²) in [6, 6.07) is 2.56. The number of aromatic nitrogens is 1. The second kappa shape index (κ2) is 4.41. The Morgan fingerprint density at radius 1 is 1.57 bits per heavy atom. The van der Waals surface area contributed by atoms with E-state index in [0.29, 0.717) is 6.54 Å². The summed E-state index contributed by atoms with van der Waals surface area (Å²) in [5.74, 6) is -1.03. The SMILES string of the molecule is C/C=C/Cn1cc(C(=O)O)ccc1=O. The van der Waals surface area contributed by atoms with E-state index >= 15 is 0 Å². The summed E-state index contributed by atoms with van der Waals surface area (Å²) in [5, 5.41) is 8.69. The molecule has 0 radical (unpaired) electrons. The molecule has 1 rings (SSSR count). The van der Waals surface area contributed by atoms with Crippen molar-refractivity contribution in [3.8, 4) is 0 Å². The minimum absolute atomic E-state index is 0.120. The van der Waals surface area contributed by atoms with E-state index in [4.69, 9.17) is 5.11 Å². The third-order valence-corrected chi connectivity index (χ3v) is 1.77. The average molecular weight is 193 g/mol. The molecule has 1 heterocycles. The van der Waals surface area contributed by atoms with Crippen LogP contribution in [-0.2, 0) is 6.54 Å². The van der Waals surface area contributed by atoms with Crippen molar-refractivity contribution in [2.24, 2.45) is 0 Å². The average Bonchev–Trinajstić information content (AvgIpc) is 2.16. The molecule has 4 nitrogen and oxygen atoms in total. The third kappa shape index (κ3) is 2.32. The summed E-state index contributed by atoms with van der Waals surface area (Å²) in [4.78, 5) is 21.8. The van der Waals surface area contributed by atoms with Gasteiger partial charge in [-0.15, -0.1) is 0 Å². The van der Waals surface area contributed by atoms with E-state index in [0.717, 1.165) is 0 Å². The van der Waals surface area contributed by atoms with Crippen LogP contribution >= 0.6 is 0 Å². The number of nitrogens with zero attached hydrogens (tertiary/aromatic N) is 1. The first-order valence-electron chi connectivity index (χ1n) is 4.20. The Morgan fingerprint density at radius 2 is 2.29 bits per heavy atom. The van der Waals surface area contributed by atoms with Gasteiger partial charge in [-0.1, -0.05) is 12.2 Å². The number of carbonyl (C=O) groups is 1. The van der Waals surface area contributed by atoms with Gasteiger partial charge in [-0.2, -0.15) is 0 Å². The maximum atomic E-state index is 11.2. The molecule has 1 N–H and O–H groups in total. The zero-order valence-electron chi connectivity index (χ0n) is 7.80. The topological polar surface area (TPSA) is 59.3 Å². The van der Waals surface area contributed by atoms with Gasteiger partial charge in [0.15, 0.2) is 0 Å². The van der Waals surface area contributed by atoms with Gasteiger partial charge in [0.1, 0.15) is 0 Å². The van der Waals surface area contributed by atoms with Crippen molar-refractivity contribution in [1.29, 1.82) is 0 Å². The van der Waals surface area contributed by atoms with Crippen LogP contribution in [0.25, 0.3) is 0 Å². The molecule has 0 aliphatic heterocycles. The molecule has 0 aromatic carbocycles. The predicted octanol–water partition coefficient (Wildman–Crippen LogP) is 1.12. The van der Waals surface area contributed by atoms with Crippen LogP contribution in [0.1, 0.15) is 17.3 Å². The highest BCUT2D eigenvalue weighted by molar-refractivity contribution is 5.87. The summed E-state index contributed by atoms with van der Waals surface area (Å²) in [7, 11) is 0. The van der Waals surface area contributed by atoms with Gasteiger partial charge in [-0.3, -0.25) is 4.79 Å². The van der Waals surface area contributed by atoms with Crippen molar-refractivity contribution in [2.45, 2.75) is 13.5 Å². The summed E-state index contributed by atoms with van der Waals surface area (Å²) in [6.07, 6.45) is 4.93. The van der Waals surface area contributed by atoms with E-state index in [-0.39, 0.29) is 11.1 Å². The highest BCUT2D eigenvalue weighted by Gasteiger charge is 2.03. The zero-order chi connectivity index (χ0) is 10.6. The molecule has 0 fully saturated rings. The van der Waals surface area contributed by atoms with Crippen LogP contribution in [0.5, 0.6) is 0 Å². The van der Waals surface area contributed by atoms with Crippen molar-refractivity contribution in [3.63, 3.8) is 0 Å². The lowest BCUT2D eigenvalue weighted by Gasteiger charge is -2.02. The van der Waals surface area contributed by atoms with Gasteiger partial charge in [0.2, 0.25) is 0 Å². The Balaban J connectivity index is 3.08. The van der Waals surface area contributed by atoms with Crippen molar-refractivity contribution in [1.82, 2.24) is 4.57 Å². The van der Waals surface area contributed by atoms with Crippen LogP contribution in [0.3, 0.4) is 0 Å². The number of hydrogen-bond donors (Lipinski definition) is 1. The number of carboxylic acids is 1. The maximum absolute atomic E-state index is 11.2. The number of pyridine rings is 1. The molecular weight excluding hydrogens is 182 g/mol. The standard InChI is InChI=1S/C10H11NO3/c1-2-3-6-11-7-8(10(13)14)4-5-9(11)12/h2-5,7H,6H2,1H3,(H,13,14)/b3-2+. The van der Waals surface area contributed by atoms with Crippen molar-refractivity contribution in [3.05, 3.63) is 46.4 Å². The quantitative estimate of drug-likeness (QED) is 0.732. The molecule has 0 bridgehead atoms. The molecule has 0 amide bonds. The van der Waals surface area contributed by atoms with Crippen LogP contribution in [0.4, 0.5) is 0 Å². The summed E-state index contributed by atoms with van der Waals surface area (Å²) >= 11 is 0. The van der Waals surface area contributed by atoms with Crippen LogP contribution in [0, 0.1) is 0 Å². The van der Waals surface area contributed by atoms with Crippen molar-refractivity contribution < 1.29 is 9.90 Å². The Bertz CT molecular complexity index is 418. The Morgan fingerprint density at radius 3 is 2.86 bits per heavy atom. The fourth-order valence-corrected chi connectivity index (χ4v) is 1.02. The van der Waals surface area contributed by atoms with Gasteiger partial charge >= 0.3 is 5.97 Å². The normalized spacial score (nSPS) is 10.6. The lowest BCUT2D eigenvalue weighted by Crippen LogP contribution is -2.19. The van der Waals surface area contributed by atoms with Gasteiger partial charge < -0.3 is 9.67 Å². The Labute approximate surface area is 81.1 Å². The summed E-state index contributed by atoms with van der Waals surface area (Å²) in [6.45, 7) is 2.24. The van der Waals surface area contributed by atoms with E-state index in [9.17, 15) is 9.59 Å². The van der Waals surface area contributed by atoms with Crippen LogP contribution in [-0.4, -0.2) is 15.6 Å². The minimum Gasteiger partial charge on any atom is -0.478 e. The molecule has 0 saturated carbocycles. The molecule has 1 aromatic heterocycles. The van der Waals surface area contributed by atoms with Gasteiger partial charge in [0, 0.05) is 18.8 Å². The van der Waals surface area contributed by atoms with E-state index in [1.165, 1.54) is 22.9 Å². The highest BCUT2D eigenvalue weighted by Crippen LogP contribution is 1.95. The van der Waals surface area contributed by atoms with E-state index in [1.54, 1.807) is 12.2 Å². The molecule has 74 valence electrons. The number of allylic oxidation sites excluding steroid dienone is 2. The molecule has 0 aliphatic rings. The lowest BCUT2D eigenvalue weighted by atomic mass is 10.3. The van der Waals surface area contributed by atoms with Crippen LogP contribution < -0.4 is 5.56 Å². The number of hydrogen-bond acceptors (Lipinski definition) is 2. The predicted molar refractivity (Wildman–Crippen MR) is 52.5 cm³/mol. The van der Waals surface area contributed by atoms with Crippen molar-refractivity contribution >= 4 is 5.97 Å². The van der Waals surface area contributed by atoms with Crippen LogP contribution in [0.2, 0.25) is 0 Å². The smallest absolute Gasteiger partial charge is 0.337 e. The first-order valence-corrected chi connectivity index (χ1v) is 4.20. The minimum atomic E-state index is -1.03. The maximum Gasteiger partial charge on any atom is 0.337 e. The highest BCUT2D eigenvalue weighted by atomic mass is 16.4. The zero-order valence-corrected chi connectivity index (χ0v) is 7.80. The fourth-order valence-electron chi connectivity index (χ4n) is 1.02. The molecule has 0 aliphatic carbocycles. The number of rotatable bonds is 3. The lowest BCUT2D eigenvalue weighted by molar-refractivity contribution is 0.0696. The first-order chi connectivity index (χ1) is 6.65. The van der Waals surface area contributed by atoms with E-state index in [1.807, 2.05) is 6.92 Å². The van der Waals surface area contributed by atoms with E-state index < -0.39 is 5.97 Å². The molecule has 0 spiro atoms. The monoisotopic (exact) mass is 193 g/mol. The Hall–Kier alpha value is -1.84. The molecule has 0 atom stereocenters.